The number of nitrogens with one attached hydrogen (secondary N) is 1. The van der Waals surface area contributed by atoms with Crippen molar-refractivity contribution < 1.29 is 14.6 Å². The maximum absolute atomic E-state index is 11.3. The van der Waals surface area contributed by atoms with Crippen molar-refractivity contribution in [3.63, 3.8) is 0 Å². The molecule has 1 fully saturated rings. The van der Waals surface area contributed by atoms with E-state index in [4.69, 9.17) is 4.74 Å². The molecule has 1 aromatic carbocycles. The molecule has 2 N–H and O–H groups in total. The Bertz CT molecular complexity index is 460. The number of aryl methyl sites for hydroxylation is 1. The van der Waals surface area contributed by atoms with Crippen molar-refractivity contribution in [3.05, 3.63) is 29.3 Å². The molecule has 0 bridgehead atoms. The fourth-order valence-electron chi connectivity index (χ4n) is 2.09. The first-order valence-electron chi connectivity index (χ1n) is 5.63. The number of ether oxygens (including phenoxy) is 1. The minimum atomic E-state index is -0.436. The van der Waals surface area contributed by atoms with Gasteiger partial charge in [0, 0.05) is 11.0 Å². The van der Waals surface area contributed by atoms with Gasteiger partial charge in [0.25, 0.3) is 0 Å². The number of carbonyl (C=O) groups is 1. The van der Waals surface area contributed by atoms with Crippen LogP contribution in [-0.4, -0.2) is 17.8 Å². The Morgan fingerprint density at radius 2 is 2.11 bits per heavy atom. The highest BCUT2D eigenvalue weighted by Gasteiger charge is 2.39. The summed E-state index contributed by atoms with van der Waals surface area (Å²) in [4.78, 5) is 11.3. The van der Waals surface area contributed by atoms with Crippen LogP contribution in [0, 0.1) is 12.3 Å². The summed E-state index contributed by atoms with van der Waals surface area (Å²) in [5.74, 6) is 0.213. The van der Waals surface area contributed by atoms with Crippen LogP contribution in [0.15, 0.2) is 18.2 Å². The summed E-state index contributed by atoms with van der Waals surface area (Å²) in [6, 6.07) is 5.24. The monoisotopic (exact) mass is 271 g/mol. The summed E-state index contributed by atoms with van der Waals surface area (Å²) in [7, 11) is 0. The number of cyclic esters (lactones) is 1. The number of alkyl carbamates (subject to hydrolysis) is 1. The maximum Gasteiger partial charge on any atom is 0.407 e. The molecule has 0 unspecified atom stereocenters. The fraction of sp³-hybridized carbons (Fsp3) is 0.462. The molecule has 1 saturated heterocycles. The predicted octanol–water partition coefficient (Wildman–Crippen LogP) is 2.93. The molecule has 1 amide bonds. The molecule has 0 aliphatic carbocycles. The van der Waals surface area contributed by atoms with Gasteiger partial charge >= 0.3 is 6.09 Å². The number of phenols is 1. The van der Waals surface area contributed by atoms with E-state index in [0.29, 0.717) is 6.61 Å². The molecule has 0 saturated carbocycles. The van der Waals surface area contributed by atoms with E-state index in [-0.39, 0.29) is 29.6 Å². The Labute approximate surface area is 113 Å². The van der Waals surface area contributed by atoms with E-state index >= 15 is 0 Å². The summed E-state index contributed by atoms with van der Waals surface area (Å²) in [6.07, 6.45) is -0.436. The van der Waals surface area contributed by atoms with Crippen LogP contribution in [-0.2, 0) is 4.74 Å². The van der Waals surface area contributed by atoms with Crippen LogP contribution in [0.4, 0.5) is 4.79 Å². The van der Waals surface area contributed by atoms with Crippen molar-refractivity contribution in [2.75, 3.05) is 6.61 Å². The van der Waals surface area contributed by atoms with Gasteiger partial charge < -0.3 is 15.2 Å². The molecule has 1 aromatic rings. The van der Waals surface area contributed by atoms with Crippen LogP contribution in [0.2, 0.25) is 0 Å². The van der Waals surface area contributed by atoms with Gasteiger partial charge in [0.1, 0.15) is 12.4 Å². The average molecular weight is 272 g/mol. The number of carbonyl (C=O) groups excluding carboxylic acids is 1. The van der Waals surface area contributed by atoms with Gasteiger partial charge in [-0.05, 0) is 18.6 Å². The third kappa shape index (κ3) is 2.70. The number of amides is 1. The smallest absolute Gasteiger partial charge is 0.407 e. The van der Waals surface area contributed by atoms with Gasteiger partial charge in [-0.25, -0.2) is 4.79 Å². The standard InChI is InChI=1S/C13H17NO3.ClH/c1-8-4-5-9(10(15)6-8)11-13(2,3)7-17-12(16)14-11;/h4-6,11,15H,7H2,1-3H3,(H,14,16);1H/t11-;/m1./s1. The lowest BCUT2D eigenvalue weighted by molar-refractivity contribution is 0.0381. The number of hydrogen-bond acceptors (Lipinski definition) is 3. The number of hydrogen-bond donors (Lipinski definition) is 2. The summed E-state index contributed by atoms with van der Waals surface area (Å²) in [6.45, 7) is 6.25. The lowest BCUT2D eigenvalue weighted by Gasteiger charge is -2.38. The molecule has 5 heteroatoms. The topological polar surface area (TPSA) is 58.6 Å². The highest BCUT2D eigenvalue weighted by Crippen LogP contribution is 2.39. The van der Waals surface area contributed by atoms with Crippen molar-refractivity contribution in [1.29, 1.82) is 0 Å². The van der Waals surface area contributed by atoms with Crippen molar-refractivity contribution in [2.24, 2.45) is 5.41 Å². The van der Waals surface area contributed by atoms with Crippen LogP contribution in [0.25, 0.3) is 0 Å². The molecular formula is C13H18ClNO3. The number of phenolic OH excluding ortho intramolecular Hbond substituents is 1. The second kappa shape index (κ2) is 5.06. The van der Waals surface area contributed by atoms with E-state index in [1.807, 2.05) is 32.9 Å². The van der Waals surface area contributed by atoms with Gasteiger partial charge in [-0.2, -0.15) is 0 Å². The number of halogens is 1. The zero-order valence-corrected chi connectivity index (χ0v) is 11.5. The first-order valence-corrected chi connectivity index (χ1v) is 5.63. The van der Waals surface area contributed by atoms with E-state index in [0.717, 1.165) is 11.1 Å². The van der Waals surface area contributed by atoms with E-state index in [1.54, 1.807) is 6.07 Å². The van der Waals surface area contributed by atoms with Crippen LogP contribution >= 0.6 is 12.4 Å². The molecule has 1 aliphatic rings. The quantitative estimate of drug-likeness (QED) is 0.826. The van der Waals surface area contributed by atoms with Gasteiger partial charge in [0.05, 0.1) is 6.04 Å². The minimum Gasteiger partial charge on any atom is -0.508 e. The largest absolute Gasteiger partial charge is 0.508 e. The number of aromatic hydroxyl groups is 1. The molecule has 1 heterocycles. The van der Waals surface area contributed by atoms with E-state index < -0.39 is 6.09 Å². The summed E-state index contributed by atoms with van der Waals surface area (Å²) < 4.78 is 4.98. The third-order valence-electron chi connectivity index (χ3n) is 3.12. The molecular weight excluding hydrogens is 254 g/mol. The van der Waals surface area contributed by atoms with Crippen LogP contribution in [0.5, 0.6) is 5.75 Å². The van der Waals surface area contributed by atoms with Gasteiger partial charge in [-0.15, -0.1) is 12.4 Å². The zero-order chi connectivity index (χ0) is 12.6. The first kappa shape index (κ1) is 14.6. The molecule has 4 nitrogen and oxygen atoms in total. The lowest BCUT2D eigenvalue weighted by atomic mass is 9.80. The van der Waals surface area contributed by atoms with Crippen molar-refractivity contribution in [3.8, 4) is 5.75 Å². The van der Waals surface area contributed by atoms with Crippen LogP contribution < -0.4 is 5.32 Å². The maximum atomic E-state index is 11.3. The summed E-state index contributed by atoms with van der Waals surface area (Å²) >= 11 is 0. The molecule has 2 rings (SSSR count). The van der Waals surface area contributed by atoms with E-state index in [2.05, 4.69) is 5.32 Å². The second-order valence-corrected chi connectivity index (χ2v) is 5.20. The minimum absolute atomic E-state index is 0. The van der Waals surface area contributed by atoms with Crippen molar-refractivity contribution >= 4 is 18.5 Å². The predicted molar refractivity (Wildman–Crippen MR) is 71.1 cm³/mol. The normalized spacial score (nSPS) is 21.5. The van der Waals surface area contributed by atoms with E-state index in [1.165, 1.54) is 0 Å². The fourth-order valence-corrected chi connectivity index (χ4v) is 2.09. The van der Waals surface area contributed by atoms with Gasteiger partial charge in [-0.3, -0.25) is 0 Å². The highest BCUT2D eigenvalue weighted by atomic mass is 35.5. The van der Waals surface area contributed by atoms with Crippen molar-refractivity contribution in [1.82, 2.24) is 5.32 Å². The molecule has 0 radical (unpaired) electrons. The molecule has 18 heavy (non-hydrogen) atoms. The SMILES string of the molecule is Cc1ccc([C@H]2NC(=O)OCC2(C)C)c(O)c1.Cl. The summed E-state index contributed by atoms with van der Waals surface area (Å²) in [5, 5.41) is 12.7. The van der Waals surface area contributed by atoms with E-state index in [9.17, 15) is 9.90 Å². The lowest BCUT2D eigenvalue weighted by Crippen LogP contribution is -2.46. The molecule has 0 spiro atoms. The Morgan fingerprint density at radius 1 is 1.44 bits per heavy atom. The van der Waals surface area contributed by atoms with Crippen molar-refractivity contribution in [2.45, 2.75) is 26.8 Å². The Hall–Kier alpha value is -1.42. The Balaban J connectivity index is 0.00000162. The third-order valence-corrected chi connectivity index (χ3v) is 3.12. The Kier molecular flexibility index (Phi) is 4.12. The van der Waals surface area contributed by atoms with Gasteiger partial charge in [-0.1, -0.05) is 26.0 Å². The zero-order valence-electron chi connectivity index (χ0n) is 10.7. The average Bonchev–Trinajstić information content (AvgIpc) is 2.23. The van der Waals surface area contributed by atoms with Gasteiger partial charge in [0.15, 0.2) is 0 Å². The molecule has 0 aromatic heterocycles. The van der Waals surface area contributed by atoms with Crippen LogP contribution in [0.1, 0.15) is 31.0 Å². The second-order valence-electron chi connectivity index (χ2n) is 5.20. The molecule has 1 atom stereocenters. The highest BCUT2D eigenvalue weighted by molar-refractivity contribution is 5.85. The first-order chi connectivity index (χ1) is 7.90. The van der Waals surface area contributed by atoms with Gasteiger partial charge in [0.2, 0.25) is 0 Å². The number of benzene rings is 1. The Morgan fingerprint density at radius 3 is 2.72 bits per heavy atom. The molecule has 1 aliphatic heterocycles. The van der Waals surface area contributed by atoms with Crippen LogP contribution in [0.3, 0.4) is 0 Å². The molecule has 100 valence electrons. The summed E-state index contributed by atoms with van der Waals surface area (Å²) in [5.41, 5.74) is 1.47. The number of rotatable bonds is 1.